The molecule has 1 aliphatic rings. The van der Waals surface area contributed by atoms with Gasteiger partial charge in [-0.15, -0.1) is 0 Å². The molecule has 0 saturated heterocycles. The van der Waals surface area contributed by atoms with Crippen molar-refractivity contribution >= 4 is 11.8 Å². The molecule has 1 saturated carbocycles. The van der Waals surface area contributed by atoms with Crippen molar-refractivity contribution < 1.29 is 9.59 Å². The Bertz CT molecular complexity index is 486. The van der Waals surface area contributed by atoms with Gasteiger partial charge in [0.1, 0.15) is 0 Å². The predicted molar refractivity (Wildman–Crippen MR) is 81.7 cm³/mol. The van der Waals surface area contributed by atoms with E-state index in [2.05, 4.69) is 10.6 Å². The smallest absolute Gasteiger partial charge is 0.251 e. The number of benzene rings is 1. The Hall–Kier alpha value is -1.88. The number of rotatable bonds is 7. The molecule has 5 heteroatoms. The summed E-state index contributed by atoms with van der Waals surface area (Å²) >= 11 is 0. The van der Waals surface area contributed by atoms with Gasteiger partial charge in [0.15, 0.2) is 0 Å². The molecule has 1 aromatic carbocycles. The average Bonchev–Trinajstić information content (AvgIpc) is 3.30. The van der Waals surface area contributed by atoms with Gasteiger partial charge in [-0.1, -0.05) is 18.2 Å². The molecule has 1 aromatic rings. The van der Waals surface area contributed by atoms with Crippen LogP contribution in [0.4, 0.5) is 0 Å². The second-order valence-electron chi connectivity index (χ2n) is 5.75. The molecular weight excluding hydrogens is 266 g/mol. The fourth-order valence-electron chi connectivity index (χ4n) is 2.22. The van der Waals surface area contributed by atoms with E-state index in [-0.39, 0.29) is 30.3 Å². The molecular formula is C16H23N3O2. The number of amides is 2. The third-order valence-electron chi connectivity index (χ3n) is 3.67. The van der Waals surface area contributed by atoms with E-state index in [0.717, 1.165) is 0 Å². The van der Waals surface area contributed by atoms with Crippen molar-refractivity contribution in [2.75, 3.05) is 6.54 Å². The minimum atomic E-state index is -0.213. The van der Waals surface area contributed by atoms with Crippen molar-refractivity contribution in [3.05, 3.63) is 35.9 Å². The predicted octanol–water partition coefficient (Wildman–Crippen LogP) is 1.05. The number of nitrogens with one attached hydrogen (secondary N) is 2. The molecule has 2 unspecified atom stereocenters. The van der Waals surface area contributed by atoms with Gasteiger partial charge in [0.2, 0.25) is 5.91 Å². The van der Waals surface area contributed by atoms with Crippen LogP contribution in [0.2, 0.25) is 0 Å². The van der Waals surface area contributed by atoms with Crippen LogP contribution in [0.15, 0.2) is 30.3 Å². The largest absolute Gasteiger partial charge is 0.354 e. The van der Waals surface area contributed by atoms with Gasteiger partial charge >= 0.3 is 0 Å². The summed E-state index contributed by atoms with van der Waals surface area (Å²) in [4.78, 5) is 23.7. The highest BCUT2D eigenvalue weighted by molar-refractivity contribution is 5.94. The summed E-state index contributed by atoms with van der Waals surface area (Å²) < 4.78 is 0. The van der Waals surface area contributed by atoms with Gasteiger partial charge in [0.25, 0.3) is 5.91 Å². The van der Waals surface area contributed by atoms with Crippen molar-refractivity contribution in [2.24, 2.45) is 11.7 Å². The van der Waals surface area contributed by atoms with Gasteiger partial charge in [0, 0.05) is 30.6 Å². The Morgan fingerprint density at radius 3 is 2.57 bits per heavy atom. The normalized spacial score (nSPS) is 16.9. The standard InChI is InChI=1S/C16H23N3O2/c1-11(19-16(21)13-5-3-2-4-6-13)9-15(20)18-10-14(17)12-7-8-12/h2-6,11-12,14H,7-10,17H2,1H3,(H,18,20)(H,19,21). The molecule has 2 amide bonds. The highest BCUT2D eigenvalue weighted by Gasteiger charge is 2.28. The molecule has 0 heterocycles. The lowest BCUT2D eigenvalue weighted by atomic mass is 10.1. The van der Waals surface area contributed by atoms with Crippen molar-refractivity contribution in [3.8, 4) is 0 Å². The van der Waals surface area contributed by atoms with Crippen LogP contribution < -0.4 is 16.4 Å². The summed E-state index contributed by atoms with van der Waals surface area (Å²) in [5.74, 6) is 0.332. The second-order valence-corrected chi connectivity index (χ2v) is 5.75. The van der Waals surface area contributed by atoms with Crippen molar-refractivity contribution in [3.63, 3.8) is 0 Å². The number of hydrogen-bond acceptors (Lipinski definition) is 3. The number of hydrogen-bond donors (Lipinski definition) is 3. The number of carbonyl (C=O) groups excluding carboxylic acids is 2. The van der Waals surface area contributed by atoms with Gasteiger partial charge in [-0.05, 0) is 37.8 Å². The monoisotopic (exact) mass is 289 g/mol. The van der Waals surface area contributed by atoms with Crippen LogP contribution in [0.1, 0.15) is 36.5 Å². The molecule has 0 aromatic heterocycles. The minimum Gasteiger partial charge on any atom is -0.354 e. The van der Waals surface area contributed by atoms with E-state index in [1.807, 2.05) is 25.1 Å². The maximum Gasteiger partial charge on any atom is 0.251 e. The maximum absolute atomic E-state index is 11.9. The lowest BCUT2D eigenvalue weighted by molar-refractivity contribution is -0.121. The van der Waals surface area contributed by atoms with Gasteiger partial charge < -0.3 is 16.4 Å². The molecule has 2 rings (SSSR count). The molecule has 0 bridgehead atoms. The zero-order valence-corrected chi connectivity index (χ0v) is 12.3. The third-order valence-corrected chi connectivity index (χ3v) is 3.67. The van der Waals surface area contributed by atoms with E-state index < -0.39 is 0 Å². The number of nitrogens with two attached hydrogens (primary N) is 1. The van der Waals surface area contributed by atoms with Crippen LogP contribution in [-0.2, 0) is 4.79 Å². The minimum absolute atomic E-state index is 0.0585. The molecule has 0 aliphatic heterocycles. The highest BCUT2D eigenvalue weighted by atomic mass is 16.2. The molecule has 1 aliphatic carbocycles. The van der Waals surface area contributed by atoms with E-state index in [9.17, 15) is 9.59 Å². The maximum atomic E-state index is 11.9. The molecule has 21 heavy (non-hydrogen) atoms. The zero-order chi connectivity index (χ0) is 15.2. The van der Waals surface area contributed by atoms with E-state index >= 15 is 0 Å². The molecule has 0 spiro atoms. The van der Waals surface area contributed by atoms with E-state index in [0.29, 0.717) is 18.0 Å². The first-order valence-electron chi connectivity index (χ1n) is 7.44. The number of carbonyl (C=O) groups is 2. The first-order valence-corrected chi connectivity index (χ1v) is 7.44. The Morgan fingerprint density at radius 1 is 1.29 bits per heavy atom. The van der Waals surface area contributed by atoms with Crippen LogP contribution in [0, 0.1) is 5.92 Å². The Morgan fingerprint density at radius 2 is 1.95 bits per heavy atom. The van der Waals surface area contributed by atoms with Crippen molar-refractivity contribution in [1.82, 2.24) is 10.6 Å². The Kier molecular flexibility index (Phi) is 5.33. The fraction of sp³-hybridized carbons (Fsp3) is 0.500. The fourth-order valence-corrected chi connectivity index (χ4v) is 2.22. The van der Waals surface area contributed by atoms with Gasteiger partial charge in [0.05, 0.1) is 0 Å². The van der Waals surface area contributed by atoms with Crippen LogP contribution in [-0.4, -0.2) is 30.4 Å². The van der Waals surface area contributed by atoms with Crippen molar-refractivity contribution in [1.29, 1.82) is 0 Å². The third kappa shape index (κ3) is 5.19. The summed E-state index contributed by atoms with van der Waals surface area (Å²) in [5.41, 5.74) is 6.53. The van der Waals surface area contributed by atoms with Crippen LogP contribution in [0.25, 0.3) is 0 Å². The quantitative estimate of drug-likeness (QED) is 0.701. The van der Waals surface area contributed by atoms with E-state index in [1.54, 1.807) is 12.1 Å². The zero-order valence-electron chi connectivity index (χ0n) is 12.3. The molecule has 114 valence electrons. The molecule has 2 atom stereocenters. The van der Waals surface area contributed by atoms with E-state index in [4.69, 9.17) is 5.73 Å². The summed E-state index contributed by atoms with van der Waals surface area (Å²) in [7, 11) is 0. The van der Waals surface area contributed by atoms with Crippen LogP contribution >= 0.6 is 0 Å². The summed E-state index contributed by atoms with van der Waals surface area (Å²) in [6.07, 6.45) is 2.59. The first kappa shape index (κ1) is 15.5. The first-order chi connectivity index (χ1) is 10.1. The lowest BCUT2D eigenvalue weighted by Gasteiger charge is -2.15. The van der Waals surface area contributed by atoms with Gasteiger partial charge in [-0.25, -0.2) is 0 Å². The summed E-state index contributed by atoms with van der Waals surface area (Å²) in [6, 6.07) is 8.82. The summed E-state index contributed by atoms with van der Waals surface area (Å²) in [6.45, 7) is 2.34. The highest BCUT2D eigenvalue weighted by Crippen LogP contribution is 2.31. The van der Waals surface area contributed by atoms with Crippen LogP contribution in [0.3, 0.4) is 0 Å². The van der Waals surface area contributed by atoms with E-state index in [1.165, 1.54) is 12.8 Å². The van der Waals surface area contributed by atoms with Gasteiger partial charge in [-0.2, -0.15) is 0 Å². The topological polar surface area (TPSA) is 84.2 Å². The van der Waals surface area contributed by atoms with Gasteiger partial charge in [-0.3, -0.25) is 9.59 Å². The van der Waals surface area contributed by atoms with Crippen LogP contribution in [0.5, 0.6) is 0 Å². The van der Waals surface area contributed by atoms with Crippen molar-refractivity contribution in [2.45, 2.75) is 38.3 Å². The molecule has 5 nitrogen and oxygen atoms in total. The Labute approximate surface area is 125 Å². The SMILES string of the molecule is CC(CC(=O)NCC(N)C1CC1)NC(=O)c1ccccc1. The molecule has 1 fully saturated rings. The molecule has 4 N–H and O–H groups in total. The summed E-state index contributed by atoms with van der Waals surface area (Å²) in [5, 5.41) is 5.65. The molecule has 0 radical (unpaired) electrons. The lowest BCUT2D eigenvalue weighted by Crippen LogP contribution is -2.42. The average molecular weight is 289 g/mol. The second kappa shape index (κ2) is 7.22. The Balaban J connectivity index is 1.69.